The fourth-order valence-electron chi connectivity index (χ4n) is 3.97. The molecule has 2 amide bonds. The van der Waals surface area contributed by atoms with E-state index in [4.69, 9.17) is 0 Å². The van der Waals surface area contributed by atoms with Gasteiger partial charge in [-0.2, -0.15) is 4.31 Å². The smallest absolute Gasteiger partial charge is 0.243 e. The van der Waals surface area contributed by atoms with Crippen LogP contribution in [0.2, 0.25) is 0 Å². The van der Waals surface area contributed by atoms with Gasteiger partial charge < -0.3 is 9.80 Å². The fourth-order valence-corrected chi connectivity index (χ4v) is 6.43. The highest BCUT2D eigenvalue weighted by atomic mass is 32.2. The van der Waals surface area contributed by atoms with Crippen LogP contribution in [0.25, 0.3) is 0 Å². The van der Waals surface area contributed by atoms with Gasteiger partial charge >= 0.3 is 0 Å². The zero-order valence-corrected chi connectivity index (χ0v) is 17.4. The predicted octanol–water partition coefficient (Wildman–Crippen LogP) is 1.92. The Labute approximate surface area is 170 Å². The molecule has 0 saturated carbocycles. The van der Waals surface area contributed by atoms with E-state index in [0.717, 1.165) is 50.1 Å². The number of nitrogens with zero attached hydrogens (tertiary/aromatic N) is 3. The van der Waals surface area contributed by atoms with Gasteiger partial charge in [0.05, 0.1) is 16.3 Å². The molecule has 0 radical (unpaired) electrons. The molecular formula is C19H25N3O4S2. The topological polar surface area (TPSA) is 78.0 Å². The molecule has 3 aliphatic heterocycles. The molecule has 0 aliphatic carbocycles. The van der Waals surface area contributed by atoms with Gasteiger partial charge in [0.25, 0.3) is 0 Å². The van der Waals surface area contributed by atoms with Gasteiger partial charge in [-0.05, 0) is 50.3 Å². The van der Waals surface area contributed by atoms with Crippen LogP contribution in [0.4, 0.5) is 5.69 Å². The molecule has 152 valence electrons. The minimum absolute atomic E-state index is 0.0282. The lowest BCUT2D eigenvalue weighted by atomic mass is 10.1. The van der Waals surface area contributed by atoms with E-state index >= 15 is 0 Å². The fraction of sp³-hybridized carbons (Fsp3) is 0.579. The summed E-state index contributed by atoms with van der Waals surface area (Å²) >= 11 is 1.39. The number of carbonyl (C=O) groups excluding carboxylic acids is 2. The summed E-state index contributed by atoms with van der Waals surface area (Å²) in [6, 6.07) is 4.93. The number of hydrogen-bond donors (Lipinski definition) is 0. The Balaban J connectivity index is 1.61. The molecule has 3 heterocycles. The number of likely N-dealkylation sites (tertiary alicyclic amines) is 1. The van der Waals surface area contributed by atoms with Gasteiger partial charge in [-0.15, -0.1) is 11.8 Å². The SMILES string of the molecule is O=C(CN1C(=O)CSc2ccc(S(=O)(=O)N3CCCC3)cc21)N1CCCCC1. The highest BCUT2D eigenvalue weighted by Crippen LogP contribution is 2.37. The van der Waals surface area contributed by atoms with Crippen molar-refractivity contribution in [2.75, 3.05) is 43.4 Å². The maximum atomic E-state index is 12.9. The molecule has 2 fully saturated rings. The molecule has 0 aromatic heterocycles. The van der Waals surface area contributed by atoms with Crippen molar-refractivity contribution in [1.29, 1.82) is 0 Å². The lowest BCUT2D eigenvalue weighted by molar-refractivity contribution is -0.132. The standard InChI is InChI=1S/C19H25N3O4S2/c23-18(20-8-2-1-3-9-20)13-22-16-12-15(6-7-17(16)27-14-19(22)24)28(25,26)21-10-4-5-11-21/h6-7,12H,1-5,8-11,13-14H2. The van der Waals surface area contributed by atoms with Crippen molar-refractivity contribution in [2.45, 2.75) is 41.9 Å². The summed E-state index contributed by atoms with van der Waals surface area (Å²) in [5, 5.41) is 0. The Morgan fingerprint density at radius 3 is 2.39 bits per heavy atom. The number of thioether (sulfide) groups is 1. The monoisotopic (exact) mass is 423 g/mol. The number of sulfonamides is 1. The summed E-state index contributed by atoms with van der Waals surface area (Å²) in [6.45, 7) is 2.49. The van der Waals surface area contributed by atoms with E-state index < -0.39 is 10.0 Å². The highest BCUT2D eigenvalue weighted by Gasteiger charge is 2.32. The van der Waals surface area contributed by atoms with E-state index in [0.29, 0.717) is 18.8 Å². The molecule has 28 heavy (non-hydrogen) atoms. The van der Waals surface area contributed by atoms with Crippen molar-refractivity contribution in [1.82, 2.24) is 9.21 Å². The number of fused-ring (bicyclic) bond motifs is 1. The second kappa shape index (κ2) is 8.04. The molecule has 0 unspecified atom stereocenters. The Kier molecular flexibility index (Phi) is 5.66. The first-order valence-corrected chi connectivity index (χ1v) is 12.2. The summed E-state index contributed by atoms with van der Waals surface area (Å²) < 4.78 is 27.3. The minimum atomic E-state index is -3.57. The summed E-state index contributed by atoms with van der Waals surface area (Å²) in [5.41, 5.74) is 0.534. The Morgan fingerprint density at radius 1 is 1.00 bits per heavy atom. The van der Waals surface area contributed by atoms with Crippen molar-refractivity contribution < 1.29 is 18.0 Å². The van der Waals surface area contributed by atoms with Gasteiger partial charge in [0.15, 0.2) is 0 Å². The molecule has 0 bridgehead atoms. The summed E-state index contributed by atoms with van der Waals surface area (Å²) in [7, 11) is -3.57. The van der Waals surface area contributed by atoms with Crippen LogP contribution in [-0.4, -0.2) is 67.9 Å². The van der Waals surface area contributed by atoms with Gasteiger partial charge in [0.2, 0.25) is 21.8 Å². The summed E-state index contributed by atoms with van der Waals surface area (Å²) in [4.78, 5) is 29.6. The van der Waals surface area contributed by atoms with Crippen LogP contribution in [0.3, 0.4) is 0 Å². The third-order valence-corrected chi connectivity index (χ3v) is 8.52. The zero-order chi connectivity index (χ0) is 19.7. The third-order valence-electron chi connectivity index (χ3n) is 5.58. The molecule has 1 aromatic carbocycles. The number of amides is 2. The van der Waals surface area contributed by atoms with E-state index in [9.17, 15) is 18.0 Å². The second-order valence-electron chi connectivity index (χ2n) is 7.45. The van der Waals surface area contributed by atoms with Crippen molar-refractivity contribution >= 4 is 39.3 Å². The molecule has 4 rings (SSSR count). The highest BCUT2D eigenvalue weighted by molar-refractivity contribution is 8.00. The van der Waals surface area contributed by atoms with Gasteiger partial charge in [0, 0.05) is 31.1 Å². The van der Waals surface area contributed by atoms with Crippen molar-refractivity contribution in [3.63, 3.8) is 0 Å². The Hall–Kier alpha value is -1.58. The van der Waals surface area contributed by atoms with Crippen LogP contribution in [0.15, 0.2) is 28.0 Å². The first-order valence-electron chi connectivity index (χ1n) is 9.82. The van der Waals surface area contributed by atoms with E-state index in [1.165, 1.54) is 21.0 Å². The number of anilines is 1. The Morgan fingerprint density at radius 2 is 1.68 bits per heavy atom. The van der Waals surface area contributed by atoms with Crippen LogP contribution in [0.5, 0.6) is 0 Å². The summed E-state index contributed by atoms with van der Waals surface area (Å²) in [6.07, 6.45) is 4.85. The largest absolute Gasteiger partial charge is 0.341 e. The minimum Gasteiger partial charge on any atom is -0.341 e. The Bertz CT molecular complexity index is 875. The lowest BCUT2D eigenvalue weighted by Gasteiger charge is -2.33. The molecule has 1 aromatic rings. The number of hydrogen-bond acceptors (Lipinski definition) is 5. The number of benzene rings is 1. The first-order chi connectivity index (χ1) is 13.5. The average molecular weight is 424 g/mol. The quantitative estimate of drug-likeness (QED) is 0.739. The van der Waals surface area contributed by atoms with Crippen molar-refractivity contribution in [2.24, 2.45) is 0 Å². The average Bonchev–Trinajstić information content (AvgIpc) is 3.26. The molecule has 3 aliphatic rings. The summed E-state index contributed by atoms with van der Waals surface area (Å²) in [5.74, 6) is 0.0377. The van der Waals surface area contributed by atoms with Crippen LogP contribution < -0.4 is 4.90 Å². The van der Waals surface area contributed by atoms with Gasteiger partial charge in [-0.25, -0.2) is 8.42 Å². The first kappa shape index (κ1) is 19.7. The van der Waals surface area contributed by atoms with E-state index in [2.05, 4.69) is 0 Å². The van der Waals surface area contributed by atoms with E-state index in [1.54, 1.807) is 18.2 Å². The number of carbonyl (C=O) groups is 2. The molecule has 7 nitrogen and oxygen atoms in total. The maximum Gasteiger partial charge on any atom is 0.243 e. The zero-order valence-electron chi connectivity index (χ0n) is 15.8. The molecule has 0 atom stereocenters. The van der Waals surface area contributed by atoms with E-state index in [1.807, 2.05) is 4.90 Å². The molecule has 0 spiro atoms. The van der Waals surface area contributed by atoms with Crippen LogP contribution in [0.1, 0.15) is 32.1 Å². The second-order valence-corrected chi connectivity index (χ2v) is 10.4. The van der Waals surface area contributed by atoms with Gasteiger partial charge in [-0.3, -0.25) is 9.59 Å². The molecular weight excluding hydrogens is 398 g/mol. The molecule has 0 N–H and O–H groups in total. The van der Waals surface area contributed by atoms with E-state index in [-0.39, 0.29) is 29.0 Å². The molecule has 9 heteroatoms. The third kappa shape index (κ3) is 3.79. The van der Waals surface area contributed by atoms with Crippen LogP contribution >= 0.6 is 11.8 Å². The number of rotatable bonds is 4. The van der Waals surface area contributed by atoms with Crippen molar-refractivity contribution in [3.8, 4) is 0 Å². The van der Waals surface area contributed by atoms with Gasteiger partial charge in [-0.1, -0.05) is 0 Å². The number of piperidine rings is 1. The van der Waals surface area contributed by atoms with Crippen LogP contribution in [0, 0.1) is 0 Å². The predicted molar refractivity (Wildman–Crippen MR) is 108 cm³/mol. The lowest BCUT2D eigenvalue weighted by Crippen LogP contribution is -2.46. The normalized spacial score (nSPS) is 21.1. The van der Waals surface area contributed by atoms with Crippen molar-refractivity contribution in [3.05, 3.63) is 18.2 Å². The molecule has 2 saturated heterocycles. The maximum absolute atomic E-state index is 12.9. The van der Waals surface area contributed by atoms with Gasteiger partial charge in [0.1, 0.15) is 6.54 Å². The van der Waals surface area contributed by atoms with Crippen LogP contribution in [-0.2, 0) is 19.6 Å².